The van der Waals surface area contributed by atoms with Gasteiger partial charge in [-0.15, -0.1) is 0 Å². The lowest BCUT2D eigenvalue weighted by Gasteiger charge is -2.10. The fraction of sp³-hybridized carbons (Fsp3) is 0.348. The smallest absolute Gasteiger partial charge is 0.198 e. The van der Waals surface area contributed by atoms with E-state index in [9.17, 15) is 5.11 Å². The number of likely N-dealkylation sites (N-methyl/N-ethyl adjacent to an activating group) is 1. The number of methoxy groups -OCH3 is 2. The summed E-state index contributed by atoms with van der Waals surface area (Å²) in [5.41, 5.74) is 4.42. The van der Waals surface area contributed by atoms with Crippen molar-refractivity contribution in [1.82, 2.24) is 9.88 Å². The Morgan fingerprint density at radius 1 is 1.07 bits per heavy atom. The third-order valence-electron chi connectivity index (χ3n) is 4.95. The molecule has 6 nitrogen and oxygen atoms in total. The molecule has 2 aromatic carbocycles. The Balaban J connectivity index is 1.99. The number of aromatic amines is 1. The number of benzene rings is 2. The molecule has 0 aliphatic heterocycles. The number of fused-ring (bicyclic) bond motifs is 1. The van der Waals surface area contributed by atoms with Gasteiger partial charge in [0.2, 0.25) is 0 Å². The Labute approximate surface area is 171 Å². The van der Waals surface area contributed by atoms with Gasteiger partial charge in [-0.3, -0.25) is 4.99 Å². The maximum absolute atomic E-state index is 10.6. The molecule has 3 aromatic rings. The van der Waals surface area contributed by atoms with Crippen LogP contribution in [0.25, 0.3) is 10.9 Å². The van der Waals surface area contributed by atoms with Crippen molar-refractivity contribution in [3.05, 3.63) is 47.5 Å². The fourth-order valence-electron chi connectivity index (χ4n) is 3.36. The lowest BCUT2D eigenvalue weighted by molar-refractivity contribution is 0.356. The molecular formula is C23H29N3O3. The third kappa shape index (κ3) is 4.54. The van der Waals surface area contributed by atoms with Gasteiger partial charge in [-0.1, -0.05) is 19.1 Å². The van der Waals surface area contributed by atoms with Crippen LogP contribution < -0.4 is 9.47 Å². The number of nitrogens with zero attached hydrogens (tertiary/aromatic N) is 2. The fourth-order valence-corrected chi connectivity index (χ4v) is 3.36. The van der Waals surface area contributed by atoms with Gasteiger partial charge in [-0.05, 0) is 50.7 Å². The maximum Gasteiger partial charge on any atom is 0.198 e. The summed E-state index contributed by atoms with van der Waals surface area (Å²) in [6, 6.07) is 12.0. The summed E-state index contributed by atoms with van der Waals surface area (Å²) in [5.74, 6) is 1.32. The average Bonchev–Trinajstić information content (AvgIpc) is 3.04. The van der Waals surface area contributed by atoms with Gasteiger partial charge in [0.25, 0.3) is 0 Å². The van der Waals surface area contributed by atoms with Crippen LogP contribution >= 0.6 is 0 Å². The molecule has 1 aromatic heterocycles. The normalized spacial score (nSPS) is 12.0. The highest BCUT2D eigenvalue weighted by atomic mass is 16.5. The van der Waals surface area contributed by atoms with E-state index in [4.69, 9.17) is 14.5 Å². The number of aliphatic imine (C=N–C) groups is 1. The van der Waals surface area contributed by atoms with Crippen LogP contribution in [0.1, 0.15) is 24.5 Å². The van der Waals surface area contributed by atoms with Crippen molar-refractivity contribution in [2.24, 2.45) is 4.99 Å². The highest BCUT2D eigenvalue weighted by Crippen LogP contribution is 2.37. The number of H-pyrrole nitrogens is 1. The van der Waals surface area contributed by atoms with Gasteiger partial charge < -0.3 is 24.5 Å². The second-order valence-corrected chi connectivity index (χ2v) is 7.23. The van der Waals surface area contributed by atoms with E-state index in [1.54, 1.807) is 14.2 Å². The molecule has 1 heterocycles. The van der Waals surface area contributed by atoms with Gasteiger partial charge in [-0.2, -0.15) is 0 Å². The van der Waals surface area contributed by atoms with E-state index >= 15 is 0 Å². The summed E-state index contributed by atoms with van der Waals surface area (Å²) in [7, 11) is 7.34. The molecule has 3 rings (SSSR count). The van der Waals surface area contributed by atoms with E-state index in [0.29, 0.717) is 23.5 Å². The summed E-state index contributed by atoms with van der Waals surface area (Å²) >= 11 is 0. The van der Waals surface area contributed by atoms with Gasteiger partial charge in [0.15, 0.2) is 17.4 Å². The second-order valence-electron chi connectivity index (χ2n) is 7.23. The molecule has 0 unspecified atom stereocenters. The largest absolute Gasteiger partial charge is 0.494 e. The predicted octanol–water partition coefficient (Wildman–Crippen LogP) is 4.53. The zero-order chi connectivity index (χ0) is 21.0. The lowest BCUT2D eigenvalue weighted by Crippen LogP contribution is -2.14. The number of nitrogens with one attached hydrogen (secondary N) is 1. The second kappa shape index (κ2) is 9.01. The highest BCUT2D eigenvalue weighted by molar-refractivity contribution is 6.14. The van der Waals surface area contributed by atoms with E-state index in [0.717, 1.165) is 35.3 Å². The summed E-state index contributed by atoms with van der Waals surface area (Å²) in [5, 5.41) is 11.4. The van der Waals surface area contributed by atoms with E-state index in [2.05, 4.69) is 36.1 Å². The first-order valence-corrected chi connectivity index (χ1v) is 9.75. The summed E-state index contributed by atoms with van der Waals surface area (Å²) in [6.45, 7) is 3.04. The molecule has 29 heavy (non-hydrogen) atoms. The molecule has 0 bridgehead atoms. The first-order chi connectivity index (χ1) is 14.0. The van der Waals surface area contributed by atoms with Crippen molar-refractivity contribution in [3.63, 3.8) is 0 Å². The molecule has 0 saturated carbocycles. The molecule has 2 N–H and O–H groups in total. The van der Waals surface area contributed by atoms with E-state index < -0.39 is 0 Å². The molecule has 0 atom stereocenters. The Hall–Kier alpha value is -2.99. The molecular weight excluding hydrogens is 366 g/mol. The molecule has 0 aliphatic rings. The van der Waals surface area contributed by atoms with Crippen LogP contribution in [0, 0.1) is 0 Å². The third-order valence-corrected chi connectivity index (χ3v) is 4.95. The SMILES string of the molecule is CCC(=Nc1ccc(CCN(C)C)cc1)c1c(O)[nH]c2cc(OC)c(OC)cc12. The molecule has 0 radical (unpaired) electrons. The quantitative estimate of drug-likeness (QED) is 0.550. The molecule has 154 valence electrons. The van der Waals surface area contributed by atoms with Crippen LogP contribution in [-0.4, -0.2) is 55.6 Å². The lowest BCUT2D eigenvalue weighted by atomic mass is 10.0. The Morgan fingerprint density at radius 3 is 2.31 bits per heavy atom. The van der Waals surface area contributed by atoms with E-state index in [1.165, 1.54) is 5.56 Å². The number of hydrogen-bond donors (Lipinski definition) is 2. The van der Waals surface area contributed by atoms with Crippen molar-refractivity contribution >= 4 is 22.3 Å². The van der Waals surface area contributed by atoms with Gasteiger partial charge in [0.05, 0.1) is 36.7 Å². The molecule has 0 fully saturated rings. The van der Waals surface area contributed by atoms with Gasteiger partial charge in [0.1, 0.15) is 0 Å². The molecule has 0 saturated heterocycles. The van der Waals surface area contributed by atoms with Crippen molar-refractivity contribution in [1.29, 1.82) is 0 Å². The van der Waals surface area contributed by atoms with Gasteiger partial charge in [0, 0.05) is 18.0 Å². The Kier molecular flexibility index (Phi) is 6.44. The minimum Gasteiger partial charge on any atom is -0.494 e. The summed E-state index contributed by atoms with van der Waals surface area (Å²) < 4.78 is 10.8. The number of rotatable bonds is 8. The molecule has 0 amide bonds. The predicted molar refractivity (Wildman–Crippen MR) is 118 cm³/mol. The zero-order valence-corrected chi connectivity index (χ0v) is 17.7. The van der Waals surface area contributed by atoms with Crippen molar-refractivity contribution < 1.29 is 14.6 Å². The van der Waals surface area contributed by atoms with Crippen LogP contribution in [0.3, 0.4) is 0 Å². The van der Waals surface area contributed by atoms with Gasteiger partial charge in [-0.25, -0.2) is 0 Å². The van der Waals surface area contributed by atoms with Crippen LogP contribution in [-0.2, 0) is 6.42 Å². The first kappa shape index (κ1) is 20.7. The first-order valence-electron chi connectivity index (χ1n) is 9.75. The standard InChI is InChI=1S/C23H29N3O3/c1-6-18(24-16-9-7-15(8-10-16)11-12-26(2)3)22-17-13-20(28-4)21(29-5)14-19(17)25-23(22)27/h7-10,13-14,25,27H,6,11-12H2,1-5H3. The van der Waals surface area contributed by atoms with Gasteiger partial charge >= 0.3 is 0 Å². The van der Waals surface area contributed by atoms with Crippen LogP contribution in [0.4, 0.5) is 5.69 Å². The molecule has 6 heteroatoms. The van der Waals surface area contributed by atoms with E-state index in [-0.39, 0.29) is 5.88 Å². The van der Waals surface area contributed by atoms with Crippen molar-refractivity contribution in [2.45, 2.75) is 19.8 Å². The number of aromatic nitrogens is 1. The van der Waals surface area contributed by atoms with Crippen LogP contribution in [0.2, 0.25) is 0 Å². The van der Waals surface area contributed by atoms with E-state index in [1.807, 2.05) is 31.2 Å². The molecule has 0 aliphatic carbocycles. The topological polar surface area (TPSA) is 70.1 Å². The Bertz CT molecular complexity index is 1000. The van der Waals surface area contributed by atoms with Crippen LogP contribution in [0.5, 0.6) is 17.4 Å². The van der Waals surface area contributed by atoms with Crippen molar-refractivity contribution in [3.8, 4) is 17.4 Å². The minimum absolute atomic E-state index is 0.0958. The monoisotopic (exact) mass is 395 g/mol. The number of ether oxygens (including phenoxy) is 2. The summed E-state index contributed by atoms with van der Waals surface area (Å²) in [4.78, 5) is 10.0. The average molecular weight is 396 g/mol. The van der Waals surface area contributed by atoms with Crippen molar-refractivity contribution in [2.75, 3.05) is 34.9 Å². The van der Waals surface area contributed by atoms with Crippen LogP contribution in [0.15, 0.2) is 41.4 Å². The zero-order valence-electron chi connectivity index (χ0n) is 17.7. The number of hydrogen-bond acceptors (Lipinski definition) is 5. The Morgan fingerprint density at radius 2 is 1.72 bits per heavy atom. The summed E-state index contributed by atoms with van der Waals surface area (Å²) in [6.07, 6.45) is 1.68. The highest BCUT2D eigenvalue weighted by Gasteiger charge is 2.18. The number of aromatic hydroxyl groups is 1. The minimum atomic E-state index is 0.0958. The molecule has 0 spiro atoms. The maximum atomic E-state index is 10.6.